The maximum absolute atomic E-state index is 5.93. The highest BCUT2D eigenvalue weighted by molar-refractivity contribution is 6.30. The summed E-state index contributed by atoms with van der Waals surface area (Å²) in [6.07, 6.45) is 0. The lowest BCUT2D eigenvalue weighted by atomic mass is 10.1. The maximum atomic E-state index is 5.93. The van der Waals surface area contributed by atoms with E-state index >= 15 is 0 Å². The van der Waals surface area contributed by atoms with Crippen LogP contribution in [0.15, 0.2) is 18.2 Å². The van der Waals surface area contributed by atoms with E-state index in [-0.39, 0.29) is 24.8 Å². The van der Waals surface area contributed by atoms with Crippen molar-refractivity contribution in [1.82, 2.24) is 10.2 Å². The van der Waals surface area contributed by atoms with Gasteiger partial charge < -0.3 is 10.1 Å². The molecule has 1 aromatic carbocycles. The highest BCUT2D eigenvalue weighted by atomic mass is 35.5. The summed E-state index contributed by atoms with van der Waals surface area (Å²) in [5, 5.41) is 4.07. The molecule has 3 nitrogen and oxygen atoms in total. The number of methoxy groups -OCH3 is 1. The smallest absolute Gasteiger partial charge is 0.124 e. The predicted octanol–water partition coefficient (Wildman–Crippen LogP) is 2.60. The molecule has 104 valence electrons. The first-order valence-corrected chi connectivity index (χ1v) is 5.93. The summed E-state index contributed by atoms with van der Waals surface area (Å²) in [5.74, 6) is 0.881. The van der Waals surface area contributed by atoms with E-state index in [9.17, 15) is 0 Å². The average molecular weight is 314 g/mol. The molecular weight excluding hydrogens is 295 g/mol. The predicted molar refractivity (Wildman–Crippen MR) is 80.6 cm³/mol. The normalized spacial score (nSPS) is 15.4. The largest absolute Gasteiger partial charge is 0.496 e. The maximum Gasteiger partial charge on any atom is 0.124 e. The fraction of sp³-hybridized carbons (Fsp3) is 0.500. The van der Waals surface area contributed by atoms with Crippen LogP contribution in [-0.4, -0.2) is 38.2 Å². The van der Waals surface area contributed by atoms with Crippen LogP contribution in [0.25, 0.3) is 0 Å². The van der Waals surface area contributed by atoms with Crippen LogP contribution in [0.1, 0.15) is 5.56 Å². The highest BCUT2D eigenvalue weighted by Crippen LogP contribution is 2.24. The number of hydrogen-bond donors (Lipinski definition) is 1. The van der Waals surface area contributed by atoms with Crippen LogP contribution in [0, 0.1) is 0 Å². The fourth-order valence-corrected chi connectivity index (χ4v) is 2.12. The van der Waals surface area contributed by atoms with Crippen LogP contribution in [0.4, 0.5) is 0 Å². The van der Waals surface area contributed by atoms with Crippen LogP contribution in [0.2, 0.25) is 5.02 Å². The molecule has 1 fully saturated rings. The molecule has 1 N–H and O–H groups in total. The molecule has 0 bridgehead atoms. The Kier molecular flexibility index (Phi) is 8.74. The SMILES string of the molecule is COc1cc(Cl)ccc1CN1CCNCC1.Cl.Cl. The molecule has 0 aliphatic carbocycles. The highest BCUT2D eigenvalue weighted by Gasteiger charge is 2.12. The Labute approximate surface area is 126 Å². The molecule has 1 aromatic rings. The van der Waals surface area contributed by atoms with Gasteiger partial charge >= 0.3 is 0 Å². The third kappa shape index (κ3) is 4.82. The molecule has 18 heavy (non-hydrogen) atoms. The lowest BCUT2D eigenvalue weighted by molar-refractivity contribution is 0.230. The van der Waals surface area contributed by atoms with Crippen LogP contribution < -0.4 is 10.1 Å². The number of halogens is 3. The topological polar surface area (TPSA) is 24.5 Å². The lowest BCUT2D eigenvalue weighted by Gasteiger charge is -2.27. The summed E-state index contributed by atoms with van der Waals surface area (Å²) in [6.45, 7) is 5.24. The summed E-state index contributed by atoms with van der Waals surface area (Å²) >= 11 is 5.93. The summed E-state index contributed by atoms with van der Waals surface area (Å²) in [6, 6.07) is 5.84. The molecule has 0 spiro atoms. The van der Waals surface area contributed by atoms with Gasteiger partial charge in [0, 0.05) is 43.3 Å². The lowest BCUT2D eigenvalue weighted by Crippen LogP contribution is -2.42. The summed E-state index contributed by atoms with van der Waals surface area (Å²) in [7, 11) is 1.69. The molecule has 1 saturated heterocycles. The third-order valence-electron chi connectivity index (χ3n) is 2.85. The summed E-state index contributed by atoms with van der Waals surface area (Å²) < 4.78 is 5.34. The minimum absolute atomic E-state index is 0. The molecule has 0 unspecified atom stereocenters. The fourth-order valence-electron chi connectivity index (χ4n) is 1.96. The number of benzene rings is 1. The van der Waals surface area contributed by atoms with Crippen molar-refractivity contribution in [1.29, 1.82) is 0 Å². The van der Waals surface area contributed by atoms with Gasteiger partial charge in [-0.2, -0.15) is 0 Å². The number of rotatable bonds is 3. The zero-order valence-corrected chi connectivity index (χ0v) is 12.7. The molecule has 0 atom stereocenters. The number of nitrogens with zero attached hydrogens (tertiary/aromatic N) is 1. The van der Waals surface area contributed by atoms with E-state index in [1.807, 2.05) is 18.2 Å². The first-order valence-electron chi connectivity index (χ1n) is 5.55. The molecule has 1 aliphatic heterocycles. The van der Waals surface area contributed by atoms with E-state index in [4.69, 9.17) is 16.3 Å². The first kappa shape index (κ1) is 17.8. The summed E-state index contributed by atoms with van der Waals surface area (Å²) in [5.41, 5.74) is 1.20. The quantitative estimate of drug-likeness (QED) is 0.928. The standard InChI is InChI=1S/C12H17ClN2O.2ClH/c1-16-12-8-11(13)3-2-10(12)9-15-6-4-14-5-7-15;;/h2-3,8,14H,4-7,9H2,1H3;2*1H. The van der Waals surface area contributed by atoms with Gasteiger partial charge in [-0.1, -0.05) is 17.7 Å². The third-order valence-corrected chi connectivity index (χ3v) is 3.09. The van der Waals surface area contributed by atoms with E-state index in [0.717, 1.165) is 43.5 Å². The Bertz CT molecular complexity index is 357. The van der Waals surface area contributed by atoms with Crippen molar-refractivity contribution in [2.45, 2.75) is 6.54 Å². The zero-order valence-electron chi connectivity index (χ0n) is 10.3. The van der Waals surface area contributed by atoms with E-state index in [1.165, 1.54) is 5.56 Å². The van der Waals surface area contributed by atoms with Gasteiger partial charge in [-0.05, 0) is 12.1 Å². The molecule has 2 rings (SSSR count). The molecule has 0 saturated carbocycles. The number of hydrogen-bond acceptors (Lipinski definition) is 3. The Morgan fingerprint density at radius 3 is 2.56 bits per heavy atom. The van der Waals surface area contributed by atoms with Gasteiger partial charge in [0.2, 0.25) is 0 Å². The van der Waals surface area contributed by atoms with E-state index in [0.29, 0.717) is 0 Å². The second kappa shape index (κ2) is 8.83. The number of ether oxygens (including phenoxy) is 1. The van der Waals surface area contributed by atoms with Gasteiger partial charge in [0.1, 0.15) is 5.75 Å². The molecule has 1 aliphatic rings. The van der Waals surface area contributed by atoms with Crippen LogP contribution >= 0.6 is 36.4 Å². The monoisotopic (exact) mass is 312 g/mol. The van der Waals surface area contributed by atoms with Crippen molar-refractivity contribution in [3.8, 4) is 5.75 Å². The zero-order chi connectivity index (χ0) is 11.4. The van der Waals surface area contributed by atoms with Crippen molar-refractivity contribution in [2.24, 2.45) is 0 Å². The van der Waals surface area contributed by atoms with Crippen LogP contribution in [0.5, 0.6) is 5.75 Å². The van der Waals surface area contributed by atoms with Crippen molar-refractivity contribution in [3.05, 3.63) is 28.8 Å². The average Bonchev–Trinajstić information content (AvgIpc) is 2.33. The van der Waals surface area contributed by atoms with Gasteiger partial charge in [-0.15, -0.1) is 24.8 Å². The van der Waals surface area contributed by atoms with Crippen LogP contribution in [0.3, 0.4) is 0 Å². The summed E-state index contributed by atoms with van der Waals surface area (Å²) in [4.78, 5) is 2.42. The minimum Gasteiger partial charge on any atom is -0.496 e. The number of nitrogens with one attached hydrogen (secondary N) is 1. The Morgan fingerprint density at radius 2 is 1.94 bits per heavy atom. The van der Waals surface area contributed by atoms with E-state index in [1.54, 1.807) is 7.11 Å². The first-order chi connectivity index (χ1) is 7.79. The molecule has 0 amide bonds. The van der Waals surface area contributed by atoms with E-state index in [2.05, 4.69) is 10.2 Å². The van der Waals surface area contributed by atoms with Crippen molar-refractivity contribution in [2.75, 3.05) is 33.3 Å². The van der Waals surface area contributed by atoms with Crippen LogP contribution in [-0.2, 0) is 6.54 Å². The van der Waals surface area contributed by atoms with Gasteiger partial charge in [0.15, 0.2) is 0 Å². The molecule has 0 aromatic heterocycles. The molecule has 6 heteroatoms. The Balaban J connectivity index is 0.00000144. The second-order valence-corrected chi connectivity index (χ2v) is 4.42. The van der Waals surface area contributed by atoms with Gasteiger partial charge in [-0.3, -0.25) is 4.90 Å². The number of piperazine rings is 1. The Hall–Kier alpha value is -0.190. The van der Waals surface area contributed by atoms with Gasteiger partial charge in [-0.25, -0.2) is 0 Å². The second-order valence-electron chi connectivity index (χ2n) is 3.98. The molecular formula is C12H19Cl3N2O. The van der Waals surface area contributed by atoms with Gasteiger partial charge in [0.05, 0.1) is 7.11 Å². The van der Waals surface area contributed by atoms with Crippen molar-refractivity contribution >= 4 is 36.4 Å². The van der Waals surface area contributed by atoms with Crippen molar-refractivity contribution < 1.29 is 4.74 Å². The molecule has 1 heterocycles. The Morgan fingerprint density at radius 1 is 1.28 bits per heavy atom. The van der Waals surface area contributed by atoms with Crippen molar-refractivity contribution in [3.63, 3.8) is 0 Å². The molecule has 0 radical (unpaired) electrons. The minimum atomic E-state index is 0. The van der Waals surface area contributed by atoms with E-state index < -0.39 is 0 Å². The van der Waals surface area contributed by atoms with Gasteiger partial charge in [0.25, 0.3) is 0 Å².